The molecule has 6 heteroatoms. The molecule has 0 amide bonds. The standard InChI is InChI=1S/C12H15N5O/c1-6-5-9(15-7(2)14-6)17-12(18)10(13)11(16-17)8-3-4-8/h5,8,16H,3-4,13H2,1-2H3. The van der Waals surface area contributed by atoms with E-state index in [4.69, 9.17) is 5.73 Å². The van der Waals surface area contributed by atoms with E-state index in [1.807, 2.05) is 6.92 Å². The molecule has 3 rings (SSSR count). The van der Waals surface area contributed by atoms with Crippen LogP contribution in [-0.4, -0.2) is 19.7 Å². The molecule has 0 aromatic carbocycles. The third kappa shape index (κ3) is 1.70. The van der Waals surface area contributed by atoms with E-state index in [1.165, 1.54) is 4.68 Å². The van der Waals surface area contributed by atoms with Gasteiger partial charge in [0.25, 0.3) is 5.56 Å². The Morgan fingerprint density at radius 3 is 2.72 bits per heavy atom. The lowest BCUT2D eigenvalue weighted by Crippen LogP contribution is -2.18. The van der Waals surface area contributed by atoms with Crippen LogP contribution in [0, 0.1) is 13.8 Å². The van der Waals surface area contributed by atoms with Crippen molar-refractivity contribution in [1.82, 2.24) is 19.7 Å². The third-order valence-corrected chi connectivity index (χ3v) is 3.12. The summed E-state index contributed by atoms with van der Waals surface area (Å²) >= 11 is 0. The molecule has 0 bridgehead atoms. The lowest BCUT2D eigenvalue weighted by atomic mass is 10.3. The van der Waals surface area contributed by atoms with Crippen LogP contribution >= 0.6 is 0 Å². The minimum atomic E-state index is -0.227. The summed E-state index contributed by atoms with van der Waals surface area (Å²) < 4.78 is 1.41. The average Bonchev–Trinajstić information content (AvgIpc) is 3.07. The van der Waals surface area contributed by atoms with E-state index < -0.39 is 0 Å². The van der Waals surface area contributed by atoms with Crippen molar-refractivity contribution in [3.63, 3.8) is 0 Å². The van der Waals surface area contributed by atoms with Crippen LogP contribution in [-0.2, 0) is 0 Å². The summed E-state index contributed by atoms with van der Waals surface area (Å²) in [4.78, 5) is 20.5. The van der Waals surface area contributed by atoms with Crippen LogP contribution in [0.4, 0.5) is 5.69 Å². The van der Waals surface area contributed by atoms with Crippen molar-refractivity contribution in [2.24, 2.45) is 0 Å². The van der Waals surface area contributed by atoms with Crippen molar-refractivity contribution >= 4 is 5.69 Å². The Kier molecular flexibility index (Phi) is 2.26. The Labute approximate surface area is 104 Å². The molecule has 1 saturated carbocycles. The van der Waals surface area contributed by atoms with Gasteiger partial charge in [0.1, 0.15) is 11.5 Å². The van der Waals surface area contributed by atoms with Crippen LogP contribution < -0.4 is 11.3 Å². The maximum Gasteiger partial charge on any atom is 0.296 e. The number of nitrogen functional groups attached to an aromatic ring is 1. The zero-order valence-electron chi connectivity index (χ0n) is 10.4. The Bertz CT molecular complexity index is 645. The molecule has 18 heavy (non-hydrogen) atoms. The Hall–Kier alpha value is -2.11. The van der Waals surface area contributed by atoms with Gasteiger partial charge >= 0.3 is 0 Å². The molecule has 1 aliphatic rings. The second-order valence-corrected chi connectivity index (χ2v) is 4.77. The van der Waals surface area contributed by atoms with Crippen molar-refractivity contribution < 1.29 is 0 Å². The van der Waals surface area contributed by atoms with Gasteiger partial charge < -0.3 is 5.73 Å². The van der Waals surface area contributed by atoms with Gasteiger partial charge in [-0.15, -0.1) is 0 Å². The van der Waals surface area contributed by atoms with E-state index in [2.05, 4.69) is 15.1 Å². The molecular formula is C12H15N5O. The number of nitrogens with two attached hydrogens (primary N) is 1. The van der Waals surface area contributed by atoms with Crippen molar-refractivity contribution in [1.29, 1.82) is 0 Å². The number of nitrogens with zero attached hydrogens (tertiary/aromatic N) is 3. The molecule has 6 nitrogen and oxygen atoms in total. The number of hydrogen-bond acceptors (Lipinski definition) is 4. The predicted molar refractivity (Wildman–Crippen MR) is 67.8 cm³/mol. The lowest BCUT2D eigenvalue weighted by Gasteiger charge is -2.03. The summed E-state index contributed by atoms with van der Waals surface area (Å²) in [6, 6.07) is 1.76. The molecule has 3 N–H and O–H groups in total. The minimum Gasteiger partial charge on any atom is -0.393 e. The number of aromatic amines is 1. The first-order valence-corrected chi connectivity index (χ1v) is 5.99. The zero-order chi connectivity index (χ0) is 12.9. The smallest absolute Gasteiger partial charge is 0.296 e. The topological polar surface area (TPSA) is 89.6 Å². The second-order valence-electron chi connectivity index (χ2n) is 4.77. The van der Waals surface area contributed by atoms with Gasteiger partial charge in [-0.1, -0.05) is 0 Å². The highest BCUT2D eigenvalue weighted by molar-refractivity contribution is 5.46. The molecule has 94 valence electrons. The molecule has 0 aliphatic heterocycles. The molecule has 0 unspecified atom stereocenters. The Morgan fingerprint density at radius 2 is 2.11 bits per heavy atom. The Morgan fingerprint density at radius 1 is 1.39 bits per heavy atom. The van der Waals surface area contributed by atoms with Gasteiger partial charge in [-0.3, -0.25) is 9.89 Å². The summed E-state index contributed by atoms with van der Waals surface area (Å²) in [5.74, 6) is 1.59. The molecular weight excluding hydrogens is 230 g/mol. The maximum absolute atomic E-state index is 12.1. The molecule has 2 heterocycles. The van der Waals surface area contributed by atoms with Crippen molar-refractivity contribution in [2.75, 3.05) is 5.73 Å². The van der Waals surface area contributed by atoms with Crippen molar-refractivity contribution in [3.8, 4) is 5.82 Å². The van der Waals surface area contributed by atoms with Crippen LogP contribution in [0.2, 0.25) is 0 Å². The van der Waals surface area contributed by atoms with Crippen LogP contribution in [0.5, 0.6) is 0 Å². The van der Waals surface area contributed by atoms with Gasteiger partial charge in [-0.2, -0.15) is 4.68 Å². The number of aromatic nitrogens is 4. The second kappa shape index (κ2) is 3.69. The quantitative estimate of drug-likeness (QED) is 0.827. The SMILES string of the molecule is Cc1cc(-n2[nH]c(C3CC3)c(N)c2=O)nc(C)n1. The highest BCUT2D eigenvalue weighted by Crippen LogP contribution is 2.40. The van der Waals surface area contributed by atoms with Crippen molar-refractivity contribution in [3.05, 3.63) is 33.6 Å². The Balaban J connectivity index is 2.16. The molecule has 1 fully saturated rings. The monoisotopic (exact) mass is 245 g/mol. The van der Waals surface area contributed by atoms with Crippen LogP contribution in [0.3, 0.4) is 0 Å². The number of aryl methyl sites for hydroxylation is 2. The summed E-state index contributed by atoms with van der Waals surface area (Å²) in [5.41, 5.74) is 7.60. The van der Waals surface area contributed by atoms with E-state index in [0.29, 0.717) is 23.2 Å². The van der Waals surface area contributed by atoms with Gasteiger partial charge in [-0.05, 0) is 26.7 Å². The van der Waals surface area contributed by atoms with E-state index in [-0.39, 0.29) is 5.56 Å². The van der Waals surface area contributed by atoms with Gasteiger partial charge in [0.05, 0.1) is 5.69 Å². The van der Waals surface area contributed by atoms with Gasteiger partial charge in [-0.25, -0.2) is 9.97 Å². The van der Waals surface area contributed by atoms with Gasteiger partial charge in [0.15, 0.2) is 5.82 Å². The largest absolute Gasteiger partial charge is 0.393 e. The van der Waals surface area contributed by atoms with E-state index in [1.54, 1.807) is 13.0 Å². The van der Waals surface area contributed by atoms with Gasteiger partial charge in [0, 0.05) is 17.7 Å². The predicted octanol–water partition coefficient (Wildman–Crippen LogP) is 1.03. The number of anilines is 1. The van der Waals surface area contributed by atoms with Crippen LogP contribution in [0.25, 0.3) is 5.82 Å². The number of rotatable bonds is 2. The molecule has 2 aromatic heterocycles. The molecule has 1 aliphatic carbocycles. The van der Waals surface area contributed by atoms with E-state index in [9.17, 15) is 4.79 Å². The van der Waals surface area contributed by atoms with E-state index >= 15 is 0 Å². The summed E-state index contributed by atoms with van der Waals surface area (Å²) in [7, 11) is 0. The normalized spacial score (nSPS) is 15.0. The summed E-state index contributed by atoms with van der Waals surface area (Å²) in [6.45, 7) is 3.67. The third-order valence-electron chi connectivity index (χ3n) is 3.12. The van der Waals surface area contributed by atoms with E-state index in [0.717, 1.165) is 24.2 Å². The number of nitrogens with one attached hydrogen (secondary N) is 1. The fraction of sp³-hybridized carbons (Fsp3) is 0.417. The molecule has 0 radical (unpaired) electrons. The highest BCUT2D eigenvalue weighted by atomic mass is 16.1. The fourth-order valence-electron chi connectivity index (χ4n) is 2.12. The maximum atomic E-state index is 12.1. The first-order chi connectivity index (χ1) is 8.56. The average molecular weight is 245 g/mol. The number of hydrogen-bond donors (Lipinski definition) is 2. The molecule has 2 aromatic rings. The lowest BCUT2D eigenvalue weighted by molar-refractivity contribution is 0.777. The first-order valence-electron chi connectivity index (χ1n) is 5.99. The molecule has 0 atom stereocenters. The number of H-pyrrole nitrogens is 1. The first kappa shape index (κ1) is 11.0. The fourth-order valence-corrected chi connectivity index (χ4v) is 2.12. The van der Waals surface area contributed by atoms with Gasteiger partial charge in [0.2, 0.25) is 0 Å². The van der Waals surface area contributed by atoms with Crippen LogP contribution in [0.15, 0.2) is 10.9 Å². The zero-order valence-corrected chi connectivity index (χ0v) is 10.4. The minimum absolute atomic E-state index is 0.227. The summed E-state index contributed by atoms with van der Waals surface area (Å²) in [5, 5.41) is 3.07. The highest BCUT2D eigenvalue weighted by Gasteiger charge is 2.29. The molecule has 0 spiro atoms. The van der Waals surface area contributed by atoms with Crippen molar-refractivity contribution in [2.45, 2.75) is 32.6 Å². The molecule has 0 saturated heterocycles. The van der Waals surface area contributed by atoms with Crippen LogP contribution in [0.1, 0.15) is 36.0 Å². The summed E-state index contributed by atoms with van der Waals surface area (Å²) in [6.07, 6.45) is 2.18.